The number of thiazole rings is 1. The second-order valence-corrected chi connectivity index (χ2v) is 8.37. The van der Waals surface area contributed by atoms with Gasteiger partial charge in [-0.05, 0) is 62.6 Å². The van der Waals surface area contributed by atoms with E-state index in [0.29, 0.717) is 10.7 Å². The third-order valence-electron chi connectivity index (χ3n) is 4.80. The minimum Gasteiger partial charge on any atom is -0.292 e. The maximum Gasteiger partial charge on any atom is 0.282 e. The fraction of sp³-hybridized carbons (Fsp3) is 0.261. The van der Waals surface area contributed by atoms with Crippen molar-refractivity contribution in [2.24, 2.45) is 4.99 Å². The molecule has 0 aliphatic carbocycles. The molecular formula is C23H24N4OS. The van der Waals surface area contributed by atoms with E-state index in [-0.39, 0.29) is 5.56 Å². The molecule has 4 rings (SSSR count). The minimum absolute atomic E-state index is 0.0990. The predicted molar refractivity (Wildman–Crippen MR) is 121 cm³/mol. The van der Waals surface area contributed by atoms with Crippen LogP contribution in [0.4, 0.5) is 5.69 Å². The number of H-pyrrole nitrogens is 1. The van der Waals surface area contributed by atoms with E-state index < -0.39 is 0 Å². The normalized spacial score (nSPS) is 12.1. The Morgan fingerprint density at radius 2 is 1.90 bits per heavy atom. The molecule has 0 aliphatic heterocycles. The zero-order valence-electron chi connectivity index (χ0n) is 17.1. The van der Waals surface area contributed by atoms with Crippen molar-refractivity contribution in [1.29, 1.82) is 0 Å². The number of nitrogens with one attached hydrogen (secondary N) is 1. The van der Waals surface area contributed by atoms with Gasteiger partial charge in [0.25, 0.3) is 5.56 Å². The lowest BCUT2D eigenvalue weighted by atomic mass is 10.1. The van der Waals surface area contributed by atoms with E-state index in [2.05, 4.69) is 36.9 Å². The van der Waals surface area contributed by atoms with Crippen LogP contribution in [0, 0.1) is 13.8 Å². The summed E-state index contributed by atoms with van der Waals surface area (Å²) in [6.07, 6.45) is 1.71. The molecule has 148 valence electrons. The number of aromatic amines is 1. The molecule has 2 aromatic heterocycles. The number of aryl methyl sites for hydroxylation is 3. The van der Waals surface area contributed by atoms with Crippen molar-refractivity contribution < 1.29 is 0 Å². The summed E-state index contributed by atoms with van der Waals surface area (Å²) in [6.45, 7) is 8.12. The largest absolute Gasteiger partial charge is 0.292 e. The van der Waals surface area contributed by atoms with Gasteiger partial charge in [-0.3, -0.25) is 14.9 Å². The van der Waals surface area contributed by atoms with Gasteiger partial charge in [-0.2, -0.15) is 4.68 Å². The molecule has 2 aromatic carbocycles. The third-order valence-corrected chi connectivity index (χ3v) is 5.83. The molecule has 0 saturated carbocycles. The maximum absolute atomic E-state index is 13.3. The summed E-state index contributed by atoms with van der Waals surface area (Å²) in [5.74, 6) is 0. The molecule has 0 radical (unpaired) electrons. The predicted octanol–water partition coefficient (Wildman–Crippen LogP) is 5.49. The minimum atomic E-state index is -0.0990. The monoisotopic (exact) mass is 404 g/mol. The summed E-state index contributed by atoms with van der Waals surface area (Å²) in [7, 11) is 0. The molecule has 6 heteroatoms. The zero-order chi connectivity index (χ0) is 20.5. The standard InChI is InChI=1S/C23H24N4OS/c1-5-8-19-21(16(4)24-17-12-14(2)11-15(3)13-17)22(28)27(26-19)23-25-18-9-6-7-10-20(18)29-23/h6-7,9-13,26H,5,8H2,1-4H3. The van der Waals surface area contributed by atoms with Crippen molar-refractivity contribution in [3.8, 4) is 5.13 Å². The Balaban J connectivity index is 1.84. The van der Waals surface area contributed by atoms with Crippen LogP contribution in [0.25, 0.3) is 15.3 Å². The summed E-state index contributed by atoms with van der Waals surface area (Å²) in [5.41, 5.74) is 6.26. The Bertz CT molecular complexity index is 1220. The van der Waals surface area contributed by atoms with E-state index in [4.69, 9.17) is 4.99 Å². The fourth-order valence-corrected chi connectivity index (χ4v) is 4.57. The van der Waals surface area contributed by atoms with Crippen LogP contribution in [-0.4, -0.2) is 20.5 Å². The number of para-hydroxylation sites is 1. The van der Waals surface area contributed by atoms with Crippen LogP contribution < -0.4 is 5.56 Å². The van der Waals surface area contributed by atoms with Gasteiger partial charge in [0.05, 0.1) is 27.2 Å². The van der Waals surface area contributed by atoms with Crippen LogP contribution in [0.3, 0.4) is 0 Å². The van der Waals surface area contributed by atoms with Gasteiger partial charge in [0.1, 0.15) is 0 Å². The fourth-order valence-electron chi connectivity index (χ4n) is 3.64. The van der Waals surface area contributed by atoms with Crippen molar-refractivity contribution in [2.75, 3.05) is 0 Å². The number of fused-ring (bicyclic) bond motifs is 1. The first-order chi connectivity index (χ1) is 14.0. The lowest BCUT2D eigenvalue weighted by molar-refractivity contribution is 0.790. The Kier molecular flexibility index (Phi) is 5.20. The molecule has 0 bridgehead atoms. The van der Waals surface area contributed by atoms with Gasteiger partial charge in [0.15, 0.2) is 0 Å². The van der Waals surface area contributed by atoms with Crippen LogP contribution in [0.5, 0.6) is 0 Å². The molecule has 0 amide bonds. The maximum atomic E-state index is 13.3. The number of hydrogen-bond donors (Lipinski definition) is 1. The summed E-state index contributed by atoms with van der Waals surface area (Å²) in [5, 5.41) is 3.94. The Hall–Kier alpha value is -2.99. The molecule has 0 spiro atoms. The average Bonchev–Trinajstić information content (AvgIpc) is 3.22. The highest BCUT2D eigenvalue weighted by Gasteiger charge is 2.19. The van der Waals surface area contributed by atoms with Crippen LogP contribution >= 0.6 is 11.3 Å². The number of benzene rings is 2. The summed E-state index contributed by atoms with van der Waals surface area (Å²) >= 11 is 1.51. The van der Waals surface area contributed by atoms with Gasteiger partial charge in [-0.1, -0.05) is 42.9 Å². The molecule has 0 saturated heterocycles. The first-order valence-corrected chi connectivity index (χ1v) is 10.6. The molecule has 0 atom stereocenters. The molecule has 1 N–H and O–H groups in total. The van der Waals surface area contributed by atoms with Crippen molar-refractivity contribution in [3.05, 3.63) is 75.2 Å². The van der Waals surface area contributed by atoms with E-state index in [1.807, 2.05) is 43.3 Å². The van der Waals surface area contributed by atoms with E-state index in [1.54, 1.807) is 4.68 Å². The van der Waals surface area contributed by atoms with Gasteiger partial charge in [0.2, 0.25) is 5.13 Å². The van der Waals surface area contributed by atoms with Crippen molar-refractivity contribution in [3.63, 3.8) is 0 Å². The lowest BCUT2D eigenvalue weighted by Crippen LogP contribution is -2.19. The van der Waals surface area contributed by atoms with Crippen LogP contribution in [0.1, 0.15) is 42.7 Å². The molecule has 0 fully saturated rings. The molecule has 2 heterocycles. The first-order valence-electron chi connectivity index (χ1n) is 9.80. The Morgan fingerprint density at radius 1 is 1.17 bits per heavy atom. The van der Waals surface area contributed by atoms with E-state index >= 15 is 0 Å². The van der Waals surface area contributed by atoms with E-state index in [1.165, 1.54) is 11.3 Å². The third kappa shape index (κ3) is 3.80. The topological polar surface area (TPSA) is 63.0 Å². The molecule has 4 aromatic rings. The van der Waals surface area contributed by atoms with E-state index in [0.717, 1.165) is 51.3 Å². The van der Waals surface area contributed by atoms with Crippen LogP contribution in [-0.2, 0) is 6.42 Å². The second-order valence-electron chi connectivity index (χ2n) is 7.36. The smallest absolute Gasteiger partial charge is 0.282 e. The quantitative estimate of drug-likeness (QED) is 0.447. The van der Waals surface area contributed by atoms with Gasteiger partial charge < -0.3 is 0 Å². The van der Waals surface area contributed by atoms with Gasteiger partial charge in [-0.15, -0.1) is 0 Å². The highest BCUT2D eigenvalue weighted by Crippen LogP contribution is 2.24. The van der Waals surface area contributed by atoms with E-state index in [9.17, 15) is 4.79 Å². The van der Waals surface area contributed by atoms with Crippen LogP contribution in [0.2, 0.25) is 0 Å². The van der Waals surface area contributed by atoms with Gasteiger partial charge in [-0.25, -0.2) is 4.98 Å². The number of rotatable bonds is 5. The number of nitrogens with zero attached hydrogens (tertiary/aromatic N) is 3. The summed E-state index contributed by atoms with van der Waals surface area (Å²) in [4.78, 5) is 22.7. The SMILES string of the molecule is CCCc1[nH]n(-c2nc3ccccc3s2)c(=O)c1C(C)=Nc1cc(C)cc(C)c1. The van der Waals surface area contributed by atoms with Gasteiger partial charge >= 0.3 is 0 Å². The molecule has 0 unspecified atom stereocenters. The number of aliphatic imine (C=N–C) groups is 1. The highest BCUT2D eigenvalue weighted by molar-refractivity contribution is 7.20. The van der Waals surface area contributed by atoms with Crippen LogP contribution in [0.15, 0.2) is 52.3 Å². The Morgan fingerprint density at radius 3 is 2.59 bits per heavy atom. The zero-order valence-corrected chi connectivity index (χ0v) is 17.9. The summed E-state index contributed by atoms with van der Waals surface area (Å²) in [6, 6.07) is 14.1. The molecule has 5 nitrogen and oxygen atoms in total. The highest BCUT2D eigenvalue weighted by atomic mass is 32.1. The van der Waals surface area contributed by atoms with Crippen molar-refractivity contribution in [2.45, 2.75) is 40.5 Å². The average molecular weight is 405 g/mol. The Labute approximate surface area is 173 Å². The molecular weight excluding hydrogens is 380 g/mol. The second kappa shape index (κ2) is 7.79. The number of aromatic nitrogens is 3. The first kappa shape index (κ1) is 19.3. The molecule has 29 heavy (non-hydrogen) atoms. The van der Waals surface area contributed by atoms with Gasteiger partial charge in [0, 0.05) is 5.69 Å². The number of hydrogen-bond acceptors (Lipinski definition) is 4. The van der Waals surface area contributed by atoms with Crippen molar-refractivity contribution in [1.82, 2.24) is 14.8 Å². The molecule has 0 aliphatic rings. The lowest BCUT2D eigenvalue weighted by Gasteiger charge is -2.03. The summed E-state index contributed by atoms with van der Waals surface area (Å²) < 4.78 is 2.62. The van der Waals surface area contributed by atoms with Crippen molar-refractivity contribution >= 4 is 33.0 Å².